The van der Waals surface area contributed by atoms with Gasteiger partial charge in [0.2, 0.25) is 0 Å². The maximum Gasteiger partial charge on any atom is 0.273 e. The number of nitrogens with zero attached hydrogens (tertiary/aromatic N) is 3. The van der Waals surface area contributed by atoms with Crippen molar-refractivity contribution in [2.45, 2.75) is 19.2 Å². The number of nitrogens with one attached hydrogen (secondary N) is 1. The van der Waals surface area contributed by atoms with E-state index in [1.165, 1.54) is 0 Å². The van der Waals surface area contributed by atoms with Crippen LogP contribution in [-0.4, -0.2) is 33.1 Å². The molecule has 194 valence electrons. The number of halogens is 1. The van der Waals surface area contributed by atoms with Crippen LogP contribution < -0.4 is 9.47 Å². The van der Waals surface area contributed by atoms with Crippen LogP contribution >= 0.6 is 11.6 Å². The Labute approximate surface area is 231 Å². The number of rotatable bonds is 8. The van der Waals surface area contributed by atoms with E-state index >= 15 is 0 Å². The van der Waals surface area contributed by atoms with Gasteiger partial charge in [-0.25, -0.2) is 0 Å². The third kappa shape index (κ3) is 4.84. The highest BCUT2D eigenvalue weighted by Crippen LogP contribution is 2.44. The molecule has 0 spiro atoms. The maximum atomic E-state index is 13.7. The quantitative estimate of drug-likeness (QED) is 0.246. The average Bonchev–Trinajstić information content (AvgIpc) is 3.52. The van der Waals surface area contributed by atoms with E-state index in [1.807, 2.05) is 89.8 Å². The Morgan fingerprint density at radius 1 is 0.923 bits per heavy atom. The molecule has 2 aromatic heterocycles. The van der Waals surface area contributed by atoms with Crippen LogP contribution in [0.5, 0.6) is 11.5 Å². The normalized spacial score (nSPS) is 14.4. The average molecular weight is 537 g/mol. The van der Waals surface area contributed by atoms with Crippen LogP contribution in [0.15, 0.2) is 97.3 Å². The summed E-state index contributed by atoms with van der Waals surface area (Å²) in [4.78, 5) is 19.7. The zero-order valence-electron chi connectivity index (χ0n) is 21.2. The highest BCUT2D eigenvalue weighted by atomic mass is 35.5. The highest BCUT2D eigenvalue weighted by molar-refractivity contribution is 6.31. The monoisotopic (exact) mass is 536 g/mol. The maximum absolute atomic E-state index is 13.7. The van der Waals surface area contributed by atoms with Gasteiger partial charge in [-0.2, -0.15) is 5.10 Å². The van der Waals surface area contributed by atoms with E-state index in [2.05, 4.69) is 15.2 Å². The lowest BCUT2D eigenvalue weighted by atomic mass is 9.96. The zero-order valence-corrected chi connectivity index (χ0v) is 21.9. The Bertz CT molecular complexity index is 1600. The van der Waals surface area contributed by atoms with Crippen molar-refractivity contribution in [3.8, 4) is 22.8 Å². The number of H-pyrrole nitrogens is 1. The third-order valence-electron chi connectivity index (χ3n) is 6.88. The number of aromatic nitrogens is 3. The predicted molar refractivity (Wildman–Crippen MR) is 149 cm³/mol. The number of hydrogen-bond acceptors (Lipinski definition) is 5. The largest absolute Gasteiger partial charge is 0.497 e. The van der Waals surface area contributed by atoms with Gasteiger partial charge in [-0.1, -0.05) is 41.9 Å². The van der Waals surface area contributed by atoms with Gasteiger partial charge in [-0.15, -0.1) is 0 Å². The highest BCUT2D eigenvalue weighted by Gasteiger charge is 2.42. The summed E-state index contributed by atoms with van der Waals surface area (Å²) in [5.41, 5.74) is 5.85. The van der Waals surface area contributed by atoms with Crippen LogP contribution in [0.3, 0.4) is 0 Å². The smallest absolute Gasteiger partial charge is 0.273 e. The van der Waals surface area contributed by atoms with Crippen LogP contribution in [0.25, 0.3) is 11.3 Å². The van der Waals surface area contributed by atoms with Gasteiger partial charge in [0.05, 0.1) is 18.8 Å². The number of aromatic amines is 1. The molecule has 1 aliphatic heterocycles. The number of fused-ring (bicyclic) bond motifs is 1. The summed E-state index contributed by atoms with van der Waals surface area (Å²) in [7, 11) is 1.63. The fourth-order valence-corrected chi connectivity index (χ4v) is 5.07. The molecule has 5 aromatic rings. The van der Waals surface area contributed by atoms with Gasteiger partial charge in [-0.05, 0) is 65.7 Å². The minimum absolute atomic E-state index is 0.0990. The number of ether oxygens (including phenoxy) is 2. The fraction of sp³-hybridized carbons (Fsp3) is 0.129. The number of benzene rings is 3. The van der Waals surface area contributed by atoms with E-state index < -0.39 is 0 Å². The molecule has 0 bridgehead atoms. The predicted octanol–water partition coefficient (Wildman–Crippen LogP) is 6.46. The number of pyridine rings is 1. The number of amides is 1. The summed E-state index contributed by atoms with van der Waals surface area (Å²) < 4.78 is 11.3. The van der Waals surface area contributed by atoms with Gasteiger partial charge >= 0.3 is 0 Å². The Hall–Kier alpha value is -4.62. The minimum Gasteiger partial charge on any atom is -0.497 e. The van der Waals surface area contributed by atoms with Crippen molar-refractivity contribution in [1.29, 1.82) is 0 Å². The summed E-state index contributed by atoms with van der Waals surface area (Å²) in [6.45, 7) is 0.796. The first-order valence-corrected chi connectivity index (χ1v) is 12.9. The van der Waals surface area contributed by atoms with E-state index in [4.69, 9.17) is 21.1 Å². The van der Waals surface area contributed by atoms with E-state index in [-0.39, 0.29) is 11.9 Å². The van der Waals surface area contributed by atoms with Crippen LogP contribution in [0.2, 0.25) is 5.02 Å². The van der Waals surface area contributed by atoms with Gasteiger partial charge < -0.3 is 14.4 Å². The molecule has 6 rings (SSSR count). The molecule has 1 aliphatic rings. The van der Waals surface area contributed by atoms with Gasteiger partial charge in [0.15, 0.2) is 0 Å². The summed E-state index contributed by atoms with van der Waals surface area (Å²) in [6.07, 6.45) is 3.47. The van der Waals surface area contributed by atoms with Crippen molar-refractivity contribution in [2.24, 2.45) is 0 Å². The molecule has 1 N–H and O–H groups in total. The first-order valence-electron chi connectivity index (χ1n) is 12.5. The number of methoxy groups -OCH3 is 1. The molecule has 0 fully saturated rings. The Morgan fingerprint density at radius 2 is 1.64 bits per heavy atom. The molecule has 0 aliphatic carbocycles. The number of carbonyl (C=O) groups is 1. The molecule has 1 atom stereocenters. The molecule has 7 nitrogen and oxygen atoms in total. The lowest BCUT2D eigenvalue weighted by Gasteiger charge is -2.26. The lowest BCUT2D eigenvalue weighted by molar-refractivity contribution is 0.0730. The summed E-state index contributed by atoms with van der Waals surface area (Å²) >= 11 is 6.28. The third-order valence-corrected chi connectivity index (χ3v) is 7.25. The van der Waals surface area contributed by atoms with Gasteiger partial charge in [0.25, 0.3) is 5.91 Å². The van der Waals surface area contributed by atoms with Crippen LogP contribution in [0.1, 0.15) is 38.8 Å². The Morgan fingerprint density at radius 3 is 2.36 bits per heavy atom. The van der Waals surface area contributed by atoms with Crippen LogP contribution in [0.4, 0.5) is 0 Å². The van der Waals surface area contributed by atoms with E-state index in [0.29, 0.717) is 29.6 Å². The van der Waals surface area contributed by atoms with Crippen molar-refractivity contribution in [3.05, 3.63) is 130 Å². The van der Waals surface area contributed by atoms with Gasteiger partial charge in [0.1, 0.15) is 23.8 Å². The molecule has 39 heavy (non-hydrogen) atoms. The molecule has 0 saturated heterocycles. The zero-order chi connectivity index (χ0) is 26.8. The first kappa shape index (κ1) is 24.7. The molecule has 3 aromatic carbocycles. The topological polar surface area (TPSA) is 80.3 Å². The molecular formula is C31H25ClN4O3. The van der Waals surface area contributed by atoms with E-state index in [1.54, 1.807) is 19.5 Å². The fourth-order valence-electron chi connectivity index (χ4n) is 4.88. The minimum atomic E-state index is -0.339. The van der Waals surface area contributed by atoms with Crippen LogP contribution in [-0.2, 0) is 13.2 Å². The van der Waals surface area contributed by atoms with Crippen molar-refractivity contribution in [1.82, 2.24) is 20.1 Å². The standard InChI is InChI=1S/C31H25ClN4O3/c1-38-24-10-6-21(7-11-24)28-27-29(35-34-28)31(37)36(18-20-14-16-33-17-15-20)30(27)22-8-12-25(13-9-22)39-19-23-4-2-3-5-26(23)32/h2-17,30H,18-19H2,1H3,(H,34,35). The van der Waals surface area contributed by atoms with Crippen molar-refractivity contribution >= 4 is 17.5 Å². The molecule has 8 heteroatoms. The van der Waals surface area contributed by atoms with Crippen molar-refractivity contribution in [2.75, 3.05) is 7.11 Å². The Kier molecular flexibility index (Phi) is 6.73. The van der Waals surface area contributed by atoms with Gasteiger partial charge in [0, 0.05) is 40.7 Å². The SMILES string of the molecule is COc1ccc(-c2n[nH]c3c2C(c2ccc(OCc4ccccc4Cl)cc2)N(Cc2ccncc2)C3=O)cc1. The molecule has 0 saturated carbocycles. The van der Waals surface area contributed by atoms with Gasteiger partial charge in [-0.3, -0.25) is 14.9 Å². The lowest BCUT2D eigenvalue weighted by Crippen LogP contribution is -2.29. The van der Waals surface area contributed by atoms with Crippen molar-refractivity contribution in [3.63, 3.8) is 0 Å². The summed E-state index contributed by atoms with van der Waals surface area (Å²) in [6, 6.07) is 26.7. The molecule has 3 heterocycles. The Balaban J connectivity index is 1.35. The van der Waals surface area contributed by atoms with Crippen LogP contribution in [0, 0.1) is 0 Å². The molecular weight excluding hydrogens is 512 g/mol. The first-order chi connectivity index (χ1) is 19.1. The molecule has 1 unspecified atom stereocenters. The van der Waals surface area contributed by atoms with E-state index in [0.717, 1.165) is 39.3 Å². The second-order valence-electron chi connectivity index (χ2n) is 9.23. The van der Waals surface area contributed by atoms with E-state index in [9.17, 15) is 4.79 Å². The second-order valence-corrected chi connectivity index (χ2v) is 9.64. The summed E-state index contributed by atoms with van der Waals surface area (Å²) in [5.74, 6) is 1.37. The number of hydrogen-bond donors (Lipinski definition) is 1. The second kappa shape index (κ2) is 10.6. The molecule has 0 radical (unpaired) electrons. The van der Waals surface area contributed by atoms with Crippen molar-refractivity contribution < 1.29 is 14.3 Å². The summed E-state index contributed by atoms with van der Waals surface area (Å²) in [5, 5.41) is 8.24. The molecule has 1 amide bonds. The number of carbonyl (C=O) groups excluding carboxylic acids is 1.